The Kier molecular flexibility index (Phi) is 4.64. The van der Waals surface area contributed by atoms with E-state index in [1.807, 2.05) is 0 Å². The van der Waals surface area contributed by atoms with Crippen LogP contribution in [0.2, 0.25) is 0 Å². The van der Waals surface area contributed by atoms with Crippen molar-refractivity contribution in [1.29, 1.82) is 0 Å². The first kappa shape index (κ1) is 13.4. The normalized spacial score (nSPS) is 15.8. The fourth-order valence-corrected chi connectivity index (χ4v) is 2.93. The van der Waals surface area contributed by atoms with Gasteiger partial charge in [-0.25, -0.2) is 0 Å². The number of hydrogen-bond acceptors (Lipinski definition) is 2. The third kappa shape index (κ3) is 3.48. The van der Waals surface area contributed by atoms with E-state index in [2.05, 4.69) is 21.2 Å². The second kappa shape index (κ2) is 6.23. The lowest BCUT2D eigenvalue weighted by molar-refractivity contribution is 0.0950. The molecule has 1 amide bonds. The van der Waals surface area contributed by atoms with Gasteiger partial charge in [-0.05, 0) is 46.5 Å². The third-order valence-electron chi connectivity index (χ3n) is 3.55. The summed E-state index contributed by atoms with van der Waals surface area (Å²) < 4.78 is 0.787. The van der Waals surface area contributed by atoms with Crippen molar-refractivity contribution in [2.45, 2.75) is 32.1 Å². The molecule has 1 aromatic carbocycles. The second-order valence-electron chi connectivity index (χ2n) is 4.93. The summed E-state index contributed by atoms with van der Waals surface area (Å²) in [5, 5.41) is 2.97. The molecule has 0 spiro atoms. The third-order valence-corrected chi connectivity index (χ3v) is 4.24. The minimum atomic E-state index is -0.0489. The number of rotatable bonds is 4. The number of hydrogen-bond donors (Lipinski definition) is 2. The van der Waals surface area contributed by atoms with Crippen LogP contribution in [0.4, 0.5) is 5.69 Å². The van der Waals surface area contributed by atoms with Crippen LogP contribution < -0.4 is 11.1 Å². The molecule has 1 saturated carbocycles. The van der Waals surface area contributed by atoms with E-state index < -0.39 is 0 Å². The van der Waals surface area contributed by atoms with Gasteiger partial charge in [0.25, 0.3) is 5.91 Å². The highest BCUT2D eigenvalue weighted by molar-refractivity contribution is 9.10. The molecule has 1 aliphatic rings. The van der Waals surface area contributed by atoms with Crippen LogP contribution in [0, 0.1) is 5.92 Å². The van der Waals surface area contributed by atoms with Crippen LogP contribution in [0.3, 0.4) is 0 Å². The molecule has 2 rings (SSSR count). The molecule has 98 valence electrons. The Bertz CT molecular complexity index is 428. The van der Waals surface area contributed by atoms with Gasteiger partial charge in [-0.2, -0.15) is 0 Å². The van der Waals surface area contributed by atoms with Crippen LogP contribution in [0.5, 0.6) is 0 Å². The van der Waals surface area contributed by atoms with Gasteiger partial charge in [-0.3, -0.25) is 4.79 Å². The Morgan fingerprint density at radius 1 is 1.39 bits per heavy atom. The SMILES string of the molecule is Nc1ccc(Br)c(C(=O)NCCC2CCCC2)c1. The predicted molar refractivity (Wildman–Crippen MR) is 77.5 cm³/mol. The zero-order valence-corrected chi connectivity index (χ0v) is 12.0. The van der Waals surface area contributed by atoms with Gasteiger partial charge in [0.15, 0.2) is 0 Å². The van der Waals surface area contributed by atoms with E-state index in [-0.39, 0.29) is 5.91 Å². The van der Waals surface area contributed by atoms with Crippen LogP contribution in [0.15, 0.2) is 22.7 Å². The van der Waals surface area contributed by atoms with Crippen LogP contribution in [-0.2, 0) is 0 Å². The number of carbonyl (C=O) groups excluding carboxylic acids is 1. The van der Waals surface area contributed by atoms with E-state index in [4.69, 9.17) is 5.73 Å². The zero-order valence-electron chi connectivity index (χ0n) is 10.4. The van der Waals surface area contributed by atoms with Gasteiger partial charge in [0.1, 0.15) is 0 Å². The molecular weight excluding hydrogens is 292 g/mol. The van der Waals surface area contributed by atoms with Gasteiger partial charge < -0.3 is 11.1 Å². The number of nitrogens with one attached hydrogen (secondary N) is 1. The van der Waals surface area contributed by atoms with Crippen LogP contribution in [0.1, 0.15) is 42.5 Å². The minimum Gasteiger partial charge on any atom is -0.399 e. The highest BCUT2D eigenvalue weighted by Gasteiger charge is 2.15. The van der Waals surface area contributed by atoms with E-state index in [0.29, 0.717) is 11.3 Å². The van der Waals surface area contributed by atoms with Crippen LogP contribution >= 0.6 is 15.9 Å². The van der Waals surface area contributed by atoms with Crippen molar-refractivity contribution < 1.29 is 4.79 Å². The van der Waals surface area contributed by atoms with Crippen molar-refractivity contribution in [3.05, 3.63) is 28.2 Å². The first-order valence-electron chi connectivity index (χ1n) is 6.50. The molecule has 0 atom stereocenters. The Morgan fingerprint density at radius 2 is 2.11 bits per heavy atom. The quantitative estimate of drug-likeness (QED) is 0.838. The summed E-state index contributed by atoms with van der Waals surface area (Å²) in [5.41, 5.74) is 6.92. The summed E-state index contributed by atoms with van der Waals surface area (Å²) in [6, 6.07) is 5.29. The Labute approximate surface area is 116 Å². The molecule has 1 fully saturated rings. The maximum absolute atomic E-state index is 12.0. The number of anilines is 1. The van der Waals surface area contributed by atoms with E-state index in [0.717, 1.165) is 23.4 Å². The van der Waals surface area contributed by atoms with Gasteiger partial charge in [0.05, 0.1) is 5.56 Å². The van der Waals surface area contributed by atoms with Crippen molar-refractivity contribution in [2.75, 3.05) is 12.3 Å². The summed E-state index contributed by atoms with van der Waals surface area (Å²) in [6.07, 6.45) is 6.42. The highest BCUT2D eigenvalue weighted by atomic mass is 79.9. The lowest BCUT2D eigenvalue weighted by Gasteiger charge is -2.11. The Balaban J connectivity index is 1.85. The highest BCUT2D eigenvalue weighted by Crippen LogP contribution is 2.27. The number of halogens is 1. The van der Waals surface area contributed by atoms with Gasteiger partial charge in [0.2, 0.25) is 0 Å². The standard InChI is InChI=1S/C14H19BrN2O/c15-13-6-5-11(16)9-12(13)14(18)17-8-7-10-3-1-2-4-10/h5-6,9-10H,1-4,7-8,16H2,(H,17,18). The molecule has 3 N–H and O–H groups in total. The summed E-state index contributed by atoms with van der Waals surface area (Å²) in [5.74, 6) is 0.752. The molecule has 0 unspecified atom stereocenters. The zero-order chi connectivity index (χ0) is 13.0. The smallest absolute Gasteiger partial charge is 0.252 e. The minimum absolute atomic E-state index is 0.0489. The average Bonchev–Trinajstić information content (AvgIpc) is 2.85. The molecule has 3 nitrogen and oxygen atoms in total. The van der Waals surface area contributed by atoms with Gasteiger partial charge in [-0.15, -0.1) is 0 Å². The lowest BCUT2D eigenvalue weighted by atomic mass is 10.0. The number of benzene rings is 1. The Morgan fingerprint density at radius 3 is 2.83 bits per heavy atom. The second-order valence-corrected chi connectivity index (χ2v) is 5.79. The maximum Gasteiger partial charge on any atom is 0.252 e. The van der Waals surface area contributed by atoms with Crippen molar-refractivity contribution in [1.82, 2.24) is 5.32 Å². The van der Waals surface area contributed by atoms with Crippen molar-refractivity contribution >= 4 is 27.5 Å². The van der Waals surface area contributed by atoms with E-state index in [9.17, 15) is 4.79 Å². The summed E-state index contributed by atoms with van der Waals surface area (Å²) in [4.78, 5) is 12.0. The molecule has 1 aromatic rings. The molecule has 0 aromatic heterocycles. The number of nitrogens with two attached hydrogens (primary N) is 1. The maximum atomic E-state index is 12.0. The topological polar surface area (TPSA) is 55.1 Å². The van der Waals surface area contributed by atoms with Crippen molar-refractivity contribution in [3.8, 4) is 0 Å². The molecule has 0 bridgehead atoms. The molecule has 0 saturated heterocycles. The molecule has 0 aliphatic heterocycles. The van der Waals surface area contributed by atoms with E-state index in [1.165, 1.54) is 25.7 Å². The Hall–Kier alpha value is -1.03. The van der Waals surface area contributed by atoms with Gasteiger partial charge in [0, 0.05) is 16.7 Å². The fourth-order valence-electron chi connectivity index (χ4n) is 2.50. The molecule has 0 radical (unpaired) electrons. The average molecular weight is 311 g/mol. The summed E-state index contributed by atoms with van der Waals surface area (Å²) in [6.45, 7) is 0.755. The summed E-state index contributed by atoms with van der Waals surface area (Å²) in [7, 11) is 0. The van der Waals surface area contributed by atoms with Crippen molar-refractivity contribution in [2.24, 2.45) is 5.92 Å². The lowest BCUT2D eigenvalue weighted by Crippen LogP contribution is -2.26. The first-order valence-corrected chi connectivity index (χ1v) is 7.29. The molecular formula is C14H19BrN2O. The molecule has 0 heterocycles. The summed E-state index contributed by atoms with van der Waals surface area (Å²) >= 11 is 3.37. The molecule has 1 aliphatic carbocycles. The van der Waals surface area contributed by atoms with Gasteiger partial charge in [-0.1, -0.05) is 25.7 Å². The molecule has 18 heavy (non-hydrogen) atoms. The number of carbonyl (C=O) groups is 1. The molecule has 4 heteroatoms. The van der Waals surface area contributed by atoms with Crippen molar-refractivity contribution in [3.63, 3.8) is 0 Å². The van der Waals surface area contributed by atoms with E-state index >= 15 is 0 Å². The predicted octanol–water partition coefficient (Wildman–Crippen LogP) is 3.34. The fraction of sp³-hybridized carbons (Fsp3) is 0.500. The van der Waals surface area contributed by atoms with Crippen LogP contribution in [-0.4, -0.2) is 12.5 Å². The number of amides is 1. The first-order chi connectivity index (χ1) is 8.66. The van der Waals surface area contributed by atoms with Gasteiger partial charge >= 0.3 is 0 Å². The van der Waals surface area contributed by atoms with Crippen LogP contribution in [0.25, 0.3) is 0 Å². The number of nitrogen functional groups attached to an aromatic ring is 1. The van der Waals surface area contributed by atoms with E-state index in [1.54, 1.807) is 18.2 Å². The monoisotopic (exact) mass is 310 g/mol. The largest absolute Gasteiger partial charge is 0.399 e.